The molecule has 0 fully saturated rings. The van der Waals surface area contributed by atoms with Crippen molar-refractivity contribution in [2.45, 2.75) is 37.2 Å². The molecule has 0 unspecified atom stereocenters. The molecule has 0 amide bonds. The molecule has 0 aromatic heterocycles. The first-order valence-corrected chi connectivity index (χ1v) is 17.9. The number of fused-ring (bicyclic) bond motifs is 8. The Kier molecular flexibility index (Phi) is 8.79. The number of hydrogen-bond donors (Lipinski definition) is 0. The summed E-state index contributed by atoms with van der Waals surface area (Å²) in [5, 5.41) is 1.46. The molecule has 6 aromatic carbocycles. The fraction of sp³-hybridized carbons (Fsp3) is 0.217. The van der Waals surface area contributed by atoms with Crippen LogP contribution in [0.25, 0.3) is 39.1 Å². The van der Waals surface area contributed by atoms with Gasteiger partial charge >= 0.3 is 12.4 Å². The fourth-order valence-corrected chi connectivity index (χ4v) is 8.26. The molecule has 0 saturated heterocycles. The molecule has 292 valence electrons. The summed E-state index contributed by atoms with van der Waals surface area (Å²) in [4.78, 5) is 0. The average molecular weight is 783 g/mol. The van der Waals surface area contributed by atoms with Crippen molar-refractivity contribution in [3.8, 4) is 51.0 Å². The molecule has 0 spiro atoms. The number of ether oxygens (including phenoxy) is 5. The van der Waals surface area contributed by atoms with Crippen LogP contribution in [0.1, 0.15) is 52.8 Å². The molecule has 0 N–H and O–H groups in total. The lowest BCUT2D eigenvalue weighted by atomic mass is 9.76. The van der Waals surface area contributed by atoms with Gasteiger partial charge in [0.15, 0.2) is 17.1 Å². The fourth-order valence-electron chi connectivity index (χ4n) is 8.26. The van der Waals surface area contributed by atoms with E-state index in [0.29, 0.717) is 34.1 Å². The van der Waals surface area contributed by atoms with Crippen molar-refractivity contribution in [3.05, 3.63) is 142 Å². The second kappa shape index (κ2) is 13.2. The van der Waals surface area contributed by atoms with E-state index in [4.69, 9.17) is 23.7 Å². The Labute approximate surface area is 325 Å². The first-order valence-electron chi connectivity index (χ1n) is 17.9. The van der Waals surface area contributed by atoms with E-state index in [2.05, 4.69) is 0 Å². The Morgan fingerprint density at radius 2 is 1.09 bits per heavy atom. The first-order chi connectivity index (χ1) is 27.0. The zero-order valence-electron chi connectivity index (χ0n) is 31.7. The van der Waals surface area contributed by atoms with Crippen molar-refractivity contribution in [2.24, 2.45) is 0 Å². The standard InChI is InChI=1S/C46H36F6O5/c1-43(2)37-21-25(26-19-29(45(47,48)49)22-30(20-26)46(50,51)52)7-16-33(37)40-35-23-38(55-5)39(56-6)24-36(35)42-34(41(40)43)17-18-44(57-42,27-8-12-31(53-3)13-9-27)28-10-14-32(54-4)15-11-28/h7-24H,1-6H3. The summed E-state index contributed by atoms with van der Waals surface area (Å²) in [7, 11) is 6.27. The Morgan fingerprint density at radius 3 is 1.58 bits per heavy atom. The van der Waals surface area contributed by atoms with Crippen molar-refractivity contribution >= 4 is 16.8 Å². The summed E-state index contributed by atoms with van der Waals surface area (Å²) in [5.74, 6) is 2.81. The van der Waals surface area contributed by atoms with Gasteiger partial charge in [-0.25, -0.2) is 0 Å². The summed E-state index contributed by atoms with van der Waals surface area (Å²) in [6.45, 7) is 3.98. The van der Waals surface area contributed by atoms with Gasteiger partial charge in [-0.05, 0) is 106 Å². The summed E-state index contributed by atoms with van der Waals surface area (Å²) in [6, 6.07) is 25.6. The van der Waals surface area contributed by atoms with Crippen LogP contribution in [-0.2, 0) is 23.4 Å². The largest absolute Gasteiger partial charge is 0.497 e. The predicted molar refractivity (Wildman–Crippen MR) is 206 cm³/mol. The highest BCUT2D eigenvalue weighted by atomic mass is 19.4. The van der Waals surface area contributed by atoms with Gasteiger partial charge in [0.2, 0.25) is 0 Å². The van der Waals surface area contributed by atoms with Crippen LogP contribution in [-0.4, -0.2) is 28.4 Å². The smallest absolute Gasteiger partial charge is 0.416 e. The van der Waals surface area contributed by atoms with E-state index in [1.54, 1.807) is 39.5 Å². The molecule has 5 nitrogen and oxygen atoms in total. The van der Waals surface area contributed by atoms with Crippen LogP contribution < -0.4 is 23.7 Å². The zero-order chi connectivity index (χ0) is 40.7. The van der Waals surface area contributed by atoms with Gasteiger partial charge in [0.1, 0.15) is 17.2 Å². The van der Waals surface area contributed by atoms with Crippen LogP contribution in [0.4, 0.5) is 26.3 Å². The lowest BCUT2D eigenvalue weighted by Crippen LogP contribution is -2.35. The van der Waals surface area contributed by atoms with E-state index in [-0.39, 0.29) is 17.2 Å². The van der Waals surface area contributed by atoms with Crippen LogP contribution >= 0.6 is 0 Å². The molecule has 0 bridgehead atoms. The quantitative estimate of drug-likeness (QED) is 0.151. The lowest BCUT2D eigenvalue weighted by Gasteiger charge is -2.38. The molecule has 1 heterocycles. The van der Waals surface area contributed by atoms with Crippen molar-refractivity contribution in [1.29, 1.82) is 0 Å². The molecular formula is C46H36F6O5. The Bertz CT molecular complexity index is 2510. The van der Waals surface area contributed by atoms with Gasteiger partial charge in [-0.2, -0.15) is 26.3 Å². The van der Waals surface area contributed by atoms with Crippen molar-refractivity contribution in [3.63, 3.8) is 0 Å². The first kappa shape index (κ1) is 37.8. The highest BCUT2D eigenvalue weighted by molar-refractivity contribution is 6.10. The molecule has 0 atom stereocenters. The monoisotopic (exact) mass is 782 g/mol. The zero-order valence-corrected chi connectivity index (χ0v) is 31.7. The van der Waals surface area contributed by atoms with Gasteiger partial charge in [0, 0.05) is 27.5 Å². The van der Waals surface area contributed by atoms with Gasteiger partial charge in [0.25, 0.3) is 0 Å². The summed E-state index contributed by atoms with van der Waals surface area (Å²) < 4.78 is 113. The predicted octanol–water partition coefficient (Wildman–Crippen LogP) is 12.2. The molecule has 1 aliphatic heterocycles. The molecular weight excluding hydrogens is 746 g/mol. The number of methoxy groups -OCH3 is 4. The number of alkyl halides is 6. The van der Waals surface area contributed by atoms with E-state index in [9.17, 15) is 26.3 Å². The average Bonchev–Trinajstić information content (AvgIpc) is 3.45. The third kappa shape index (κ3) is 6.02. The number of hydrogen-bond acceptors (Lipinski definition) is 5. The number of benzene rings is 6. The van der Waals surface area contributed by atoms with E-state index in [1.165, 1.54) is 7.11 Å². The second-order valence-electron chi connectivity index (χ2n) is 14.6. The SMILES string of the molecule is COc1ccc(C2(c3ccc(OC)cc3)C=Cc3c4c(c5cc(OC)c(OC)cc5c3O2)-c2ccc(-c3cc(C(F)(F)F)cc(C(F)(F)F)c3)cc2C4(C)C)cc1. The Morgan fingerprint density at radius 1 is 0.561 bits per heavy atom. The minimum absolute atomic E-state index is 0.140. The Balaban J connectivity index is 1.39. The number of rotatable bonds is 7. The molecule has 57 heavy (non-hydrogen) atoms. The third-order valence-corrected chi connectivity index (χ3v) is 11.1. The van der Waals surface area contributed by atoms with E-state index < -0.39 is 34.5 Å². The molecule has 8 rings (SSSR count). The maximum Gasteiger partial charge on any atom is 0.416 e. The molecule has 1 aliphatic carbocycles. The molecule has 6 aromatic rings. The summed E-state index contributed by atoms with van der Waals surface area (Å²) in [6.07, 6.45) is -5.95. The Hall–Kier alpha value is -6.10. The molecule has 2 aliphatic rings. The lowest BCUT2D eigenvalue weighted by molar-refractivity contribution is -0.143. The van der Waals surface area contributed by atoms with Gasteiger partial charge in [-0.15, -0.1) is 0 Å². The van der Waals surface area contributed by atoms with Crippen LogP contribution in [0.5, 0.6) is 28.7 Å². The summed E-state index contributed by atoms with van der Waals surface area (Å²) >= 11 is 0. The third-order valence-electron chi connectivity index (χ3n) is 11.1. The van der Waals surface area contributed by atoms with Gasteiger partial charge in [-0.3, -0.25) is 0 Å². The topological polar surface area (TPSA) is 46.2 Å². The highest BCUT2D eigenvalue weighted by Gasteiger charge is 2.45. The summed E-state index contributed by atoms with van der Waals surface area (Å²) in [5.41, 5.74) is 0.924. The van der Waals surface area contributed by atoms with Crippen LogP contribution in [0.2, 0.25) is 0 Å². The van der Waals surface area contributed by atoms with Crippen LogP contribution in [0, 0.1) is 0 Å². The number of halogens is 6. The van der Waals surface area contributed by atoms with Crippen molar-refractivity contribution in [2.75, 3.05) is 28.4 Å². The minimum Gasteiger partial charge on any atom is -0.497 e. The van der Waals surface area contributed by atoms with E-state index in [1.807, 2.05) is 86.7 Å². The maximum absolute atomic E-state index is 13.9. The molecule has 11 heteroatoms. The van der Waals surface area contributed by atoms with E-state index in [0.717, 1.165) is 56.5 Å². The van der Waals surface area contributed by atoms with Gasteiger partial charge < -0.3 is 23.7 Å². The minimum atomic E-state index is -4.99. The maximum atomic E-state index is 13.9. The normalized spacial score (nSPS) is 15.0. The molecule has 0 saturated carbocycles. The van der Waals surface area contributed by atoms with Crippen molar-refractivity contribution in [1.82, 2.24) is 0 Å². The second-order valence-corrected chi connectivity index (χ2v) is 14.6. The molecule has 0 radical (unpaired) electrons. The van der Waals surface area contributed by atoms with Crippen molar-refractivity contribution < 1.29 is 50.0 Å². The van der Waals surface area contributed by atoms with Crippen LogP contribution in [0.3, 0.4) is 0 Å². The van der Waals surface area contributed by atoms with Crippen LogP contribution in [0.15, 0.2) is 103 Å². The highest BCUT2D eigenvalue weighted by Crippen LogP contribution is 2.59. The van der Waals surface area contributed by atoms with Gasteiger partial charge in [-0.1, -0.05) is 56.3 Å². The van der Waals surface area contributed by atoms with Gasteiger partial charge in [0.05, 0.1) is 39.6 Å². The van der Waals surface area contributed by atoms with E-state index >= 15 is 0 Å².